The van der Waals surface area contributed by atoms with E-state index >= 15 is 0 Å². The summed E-state index contributed by atoms with van der Waals surface area (Å²) in [7, 11) is 1.54. The van der Waals surface area contributed by atoms with Crippen LogP contribution >= 0.6 is 0 Å². The molecular weight excluding hydrogens is 344 g/mol. The number of aromatic hydroxyl groups is 1. The van der Waals surface area contributed by atoms with Crippen molar-refractivity contribution in [3.63, 3.8) is 0 Å². The Morgan fingerprint density at radius 3 is 2.44 bits per heavy atom. The molecule has 1 aromatic heterocycles. The largest absolute Gasteiger partial charge is 0.494 e. The first-order chi connectivity index (χ1) is 13.1. The molecule has 1 fully saturated rings. The molecule has 1 saturated carbocycles. The van der Waals surface area contributed by atoms with Gasteiger partial charge in [0.05, 0.1) is 5.56 Å². The lowest BCUT2D eigenvalue weighted by Crippen LogP contribution is -2.26. The van der Waals surface area contributed by atoms with Crippen molar-refractivity contribution < 1.29 is 14.6 Å². The van der Waals surface area contributed by atoms with E-state index in [1.54, 1.807) is 0 Å². The number of ether oxygens (including phenoxy) is 1. The van der Waals surface area contributed by atoms with Crippen LogP contribution in [0.4, 0.5) is 0 Å². The van der Waals surface area contributed by atoms with Gasteiger partial charge in [0.25, 0.3) is 5.56 Å². The third-order valence-corrected chi connectivity index (χ3v) is 5.22. The highest BCUT2D eigenvalue weighted by atomic mass is 16.5. The molecule has 27 heavy (non-hydrogen) atoms. The molecule has 1 aromatic carbocycles. The molecule has 1 aliphatic rings. The van der Waals surface area contributed by atoms with Gasteiger partial charge in [-0.3, -0.25) is 9.36 Å². The van der Waals surface area contributed by atoms with Crippen LogP contribution in [0.5, 0.6) is 5.88 Å². The smallest absolute Gasteiger partial charge is 0.375 e. The highest BCUT2D eigenvalue weighted by Crippen LogP contribution is 2.33. The Bertz CT molecular complexity index is 837. The lowest BCUT2D eigenvalue weighted by atomic mass is 9.87. The third-order valence-electron chi connectivity index (χ3n) is 5.22. The Balaban J connectivity index is 1.81. The SMILES string of the molecule is Cn1c(C(=O)OCc2ccccc2)nc(=O)c(C2CCCCCCC2)c1O. The zero-order valence-corrected chi connectivity index (χ0v) is 15.7. The number of hydrogen-bond acceptors (Lipinski definition) is 5. The van der Waals surface area contributed by atoms with Crippen molar-refractivity contribution in [2.24, 2.45) is 7.05 Å². The number of nitrogens with zero attached hydrogens (tertiary/aromatic N) is 2. The first-order valence-electron chi connectivity index (χ1n) is 9.59. The van der Waals surface area contributed by atoms with E-state index in [4.69, 9.17) is 4.74 Å². The summed E-state index contributed by atoms with van der Waals surface area (Å²) < 4.78 is 6.52. The lowest BCUT2D eigenvalue weighted by molar-refractivity contribution is 0.0449. The molecule has 0 unspecified atom stereocenters. The van der Waals surface area contributed by atoms with Gasteiger partial charge < -0.3 is 9.84 Å². The predicted octanol–water partition coefficient (Wildman–Crippen LogP) is 3.67. The van der Waals surface area contributed by atoms with Gasteiger partial charge in [0.2, 0.25) is 11.7 Å². The zero-order chi connectivity index (χ0) is 19.2. The number of hydrogen-bond donors (Lipinski definition) is 1. The van der Waals surface area contributed by atoms with E-state index in [0.29, 0.717) is 5.56 Å². The van der Waals surface area contributed by atoms with Gasteiger partial charge in [0.1, 0.15) is 6.61 Å². The Morgan fingerprint density at radius 2 is 1.78 bits per heavy atom. The summed E-state index contributed by atoms with van der Waals surface area (Å²) in [5.74, 6) is -1.08. The van der Waals surface area contributed by atoms with Gasteiger partial charge in [0.15, 0.2) is 0 Å². The second kappa shape index (κ2) is 8.84. The van der Waals surface area contributed by atoms with Crippen LogP contribution in [0.2, 0.25) is 0 Å². The summed E-state index contributed by atoms with van der Waals surface area (Å²) in [4.78, 5) is 28.9. The minimum Gasteiger partial charge on any atom is -0.494 e. The zero-order valence-electron chi connectivity index (χ0n) is 15.7. The number of esters is 1. The predicted molar refractivity (Wildman–Crippen MR) is 102 cm³/mol. The first kappa shape index (κ1) is 19.1. The van der Waals surface area contributed by atoms with Crippen LogP contribution in [-0.4, -0.2) is 20.6 Å². The van der Waals surface area contributed by atoms with Gasteiger partial charge in [-0.1, -0.05) is 62.4 Å². The molecule has 3 rings (SSSR count). The Labute approximate surface area is 158 Å². The fraction of sp³-hybridized carbons (Fsp3) is 0.476. The van der Waals surface area contributed by atoms with Crippen LogP contribution < -0.4 is 5.56 Å². The van der Waals surface area contributed by atoms with Crippen molar-refractivity contribution in [3.05, 3.63) is 57.6 Å². The molecule has 1 heterocycles. The molecule has 6 heteroatoms. The van der Waals surface area contributed by atoms with Gasteiger partial charge in [-0.25, -0.2) is 4.79 Å². The summed E-state index contributed by atoms with van der Waals surface area (Å²) in [6.45, 7) is 0.0840. The van der Waals surface area contributed by atoms with E-state index in [1.165, 1.54) is 18.0 Å². The molecule has 0 saturated heterocycles. The van der Waals surface area contributed by atoms with Gasteiger partial charge in [0, 0.05) is 7.05 Å². The number of benzene rings is 1. The molecule has 0 atom stereocenters. The van der Waals surface area contributed by atoms with Crippen LogP contribution in [0.25, 0.3) is 0 Å². The molecular formula is C21H26N2O4. The van der Waals surface area contributed by atoms with E-state index in [0.717, 1.165) is 44.1 Å². The average molecular weight is 370 g/mol. The fourth-order valence-corrected chi connectivity index (χ4v) is 3.68. The van der Waals surface area contributed by atoms with Gasteiger partial charge >= 0.3 is 5.97 Å². The van der Waals surface area contributed by atoms with E-state index in [1.807, 2.05) is 30.3 Å². The molecule has 1 N–H and O–H groups in total. The summed E-state index contributed by atoms with van der Waals surface area (Å²) in [6.07, 6.45) is 7.32. The molecule has 1 aliphatic carbocycles. The average Bonchev–Trinajstić information content (AvgIpc) is 2.65. The summed E-state index contributed by atoms with van der Waals surface area (Å²) >= 11 is 0. The fourth-order valence-electron chi connectivity index (χ4n) is 3.68. The molecule has 0 amide bonds. The number of carbonyl (C=O) groups excluding carboxylic acids is 1. The summed E-state index contributed by atoms with van der Waals surface area (Å²) in [6, 6.07) is 9.27. The molecule has 0 aliphatic heterocycles. The monoisotopic (exact) mass is 370 g/mol. The molecule has 0 spiro atoms. The molecule has 144 valence electrons. The van der Waals surface area contributed by atoms with Crippen molar-refractivity contribution in [1.82, 2.24) is 9.55 Å². The highest BCUT2D eigenvalue weighted by molar-refractivity contribution is 5.85. The van der Waals surface area contributed by atoms with Crippen LogP contribution in [-0.2, 0) is 18.4 Å². The second-order valence-corrected chi connectivity index (χ2v) is 7.14. The van der Waals surface area contributed by atoms with Crippen LogP contribution in [0.15, 0.2) is 35.1 Å². The third kappa shape index (κ3) is 4.56. The Kier molecular flexibility index (Phi) is 6.27. The minimum atomic E-state index is -0.724. The number of carbonyl (C=O) groups is 1. The van der Waals surface area contributed by atoms with Crippen molar-refractivity contribution >= 4 is 5.97 Å². The number of aromatic nitrogens is 2. The van der Waals surface area contributed by atoms with Gasteiger partial charge in [-0.15, -0.1) is 0 Å². The van der Waals surface area contributed by atoms with E-state index in [-0.39, 0.29) is 24.2 Å². The van der Waals surface area contributed by atoms with Gasteiger partial charge in [-0.05, 0) is 24.3 Å². The Hall–Kier alpha value is -2.63. The maximum absolute atomic E-state index is 12.6. The van der Waals surface area contributed by atoms with E-state index in [9.17, 15) is 14.7 Å². The van der Waals surface area contributed by atoms with Crippen LogP contribution in [0.3, 0.4) is 0 Å². The second-order valence-electron chi connectivity index (χ2n) is 7.14. The van der Waals surface area contributed by atoms with Crippen molar-refractivity contribution in [2.75, 3.05) is 0 Å². The standard InChI is InChI=1S/C21H26N2O4/c1-23-18(21(26)27-14-15-10-6-5-7-11-15)22-19(24)17(20(23)25)16-12-8-3-2-4-9-13-16/h5-7,10-11,16,25H,2-4,8-9,12-14H2,1H3. The minimum absolute atomic E-state index is 0.00844. The molecule has 0 radical (unpaired) electrons. The first-order valence-corrected chi connectivity index (χ1v) is 9.59. The van der Waals surface area contributed by atoms with Crippen LogP contribution in [0, 0.1) is 0 Å². The Morgan fingerprint density at radius 1 is 1.15 bits per heavy atom. The maximum Gasteiger partial charge on any atom is 0.375 e. The molecule has 6 nitrogen and oxygen atoms in total. The molecule has 2 aromatic rings. The van der Waals surface area contributed by atoms with E-state index in [2.05, 4.69) is 4.98 Å². The van der Waals surface area contributed by atoms with Gasteiger partial charge in [-0.2, -0.15) is 4.98 Å². The lowest BCUT2D eigenvalue weighted by Gasteiger charge is -2.21. The molecule has 0 bridgehead atoms. The van der Waals surface area contributed by atoms with Crippen molar-refractivity contribution in [3.8, 4) is 5.88 Å². The summed E-state index contributed by atoms with van der Waals surface area (Å²) in [5, 5.41) is 10.6. The quantitative estimate of drug-likeness (QED) is 0.831. The highest BCUT2D eigenvalue weighted by Gasteiger charge is 2.26. The van der Waals surface area contributed by atoms with E-state index < -0.39 is 11.5 Å². The van der Waals surface area contributed by atoms with Crippen LogP contribution in [0.1, 0.15) is 72.6 Å². The number of rotatable bonds is 4. The van der Waals surface area contributed by atoms with Crippen molar-refractivity contribution in [2.45, 2.75) is 57.5 Å². The van der Waals surface area contributed by atoms with Crippen molar-refractivity contribution in [1.29, 1.82) is 0 Å². The summed E-state index contributed by atoms with van der Waals surface area (Å²) in [5.41, 5.74) is 0.646. The topological polar surface area (TPSA) is 81.4 Å². The normalized spacial score (nSPS) is 15.7. The maximum atomic E-state index is 12.6.